The summed E-state index contributed by atoms with van der Waals surface area (Å²) in [5, 5.41) is 0.575. The first-order valence-electron chi connectivity index (χ1n) is 4.82. The second-order valence-electron chi connectivity index (χ2n) is 3.48. The molecule has 0 N–H and O–H groups in total. The SMILES string of the molecule is CC(C)OC(=O)CS(=O)c1ccc(Cl)cc1. The molecule has 1 rings (SSSR count). The predicted molar refractivity (Wildman–Crippen MR) is 64.0 cm³/mol. The van der Waals surface area contributed by atoms with E-state index < -0.39 is 16.8 Å². The highest BCUT2D eigenvalue weighted by Crippen LogP contribution is 2.13. The van der Waals surface area contributed by atoms with Gasteiger partial charge in [0.05, 0.1) is 16.9 Å². The van der Waals surface area contributed by atoms with Gasteiger partial charge in [0.25, 0.3) is 0 Å². The molecule has 0 aliphatic rings. The van der Waals surface area contributed by atoms with E-state index in [0.717, 1.165) is 0 Å². The number of halogens is 1. The molecule has 1 unspecified atom stereocenters. The maximum Gasteiger partial charge on any atom is 0.319 e. The smallest absolute Gasteiger partial charge is 0.319 e. The summed E-state index contributed by atoms with van der Waals surface area (Å²) in [4.78, 5) is 11.8. The molecule has 1 atom stereocenters. The van der Waals surface area contributed by atoms with Crippen molar-refractivity contribution in [1.29, 1.82) is 0 Å². The van der Waals surface area contributed by atoms with E-state index in [4.69, 9.17) is 16.3 Å². The van der Waals surface area contributed by atoms with E-state index in [-0.39, 0.29) is 11.9 Å². The van der Waals surface area contributed by atoms with E-state index in [2.05, 4.69) is 0 Å². The normalized spacial score (nSPS) is 12.5. The number of hydrogen-bond donors (Lipinski definition) is 0. The van der Waals surface area contributed by atoms with Crippen molar-refractivity contribution in [3.63, 3.8) is 0 Å². The Balaban J connectivity index is 2.59. The van der Waals surface area contributed by atoms with Crippen molar-refractivity contribution in [3.05, 3.63) is 29.3 Å². The Morgan fingerprint density at radius 2 is 1.94 bits per heavy atom. The predicted octanol–water partition coefficient (Wildman–Crippen LogP) is 2.40. The van der Waals surface area contributed by atoms with Crippen LogP contribution in [0.5, 0.6) is 0 Å². The van der Waals surface area contributed by atoms with E-state index >= 15 is 0 Å². The Kier molecular flexibility index (Phi) is 4.96. The molecule has 5 heteroatoms. The number of rotatable bonds is 4. The Bertz CT molecular complexity index is 387. The van der Waals surface area contributed by atoms with Gasteiger partial charge in [0.2, 0.25) is 0 Å². The molecule has 0 aliphatic carbocycles. The van der Waals surface area contributed by atoms with Gasteiger partial charge in [-0.25, -0.2) is 0 Å². The molecule has 0 heterocycles. The van der Waals surface area contributed by atoms with E-state index in [0.29, 0.717) is 9.92 Å². The molecule has 88 valence electrons. The second-order valence-corrected chi connectivity index (χ2v) is 5.37. The first kappa shape index (κ1) is 13.2. The highest BCUT2D eigenvalue weighted by molar-refractivity contribution is 7.85. The van der Waals surface area contributed by atoms with Crippen LogP contribution >= 0.6 is 11.6 Å². The molecule has 0 spiro atoms. The van der Waals surface area contributed by atoms with Crippen LogP contribution in [-0.4, -0.2) is 22.0 Å². The molecule has 0 saturated heterocycles. The van der Waals surface area contributed by atoms with Crippen molar-refractivity contribution in [2.24, 2.45) is 0 Å². The van der Waals surface area contributed by atoms with Crippen LogP contribution in [0.2, 0.25) is 5.02 Å². The summed E-state index contributed by atoms with van der Waals surface area (Å²) < 4.78 is 16.6. The lowest BCUT2D eigenvalue weighted by atomic mass is 10.4. The molecule has 1 aromatic carbocycles. The third-order valence-electron chi connectivity index (χ3n) is 1.69. The zero-order chi connectivity index (χ0) is 12.1. The zero-order valence-corrected chi connectivity index (χ0v) is 10.7. The molecule has 1 aromatic rings. The van der Waals surface area contributed by atoms with Crippen LogP contribution in [0.3, 0.4) is 0 Å². The third kappa shape index (κ3) is 4.33. The van der Waals surface area contributed by atoms with Crippen molar-refractivity contribution in [1.82, 2.24) is 0 Å². The fourth-order valence-electron chi connectivity index (χ4n) is 1.07. The Morgan fingerprint density at radius 3 is 2.44 bits per heavy atom. The minimum Gasteiger partial charge on any atom is -0.462 e. The van der Waals surface area contributed by atoms with Crippen molar-refractivity contribution < 1.29 is 13.7 Å². The zero-order valence-electron chi connectivity index (χ0n) is 9.10. The molecule has 0 aliphatic heterocycles. The summed E-state index contributed by atoms with van der Waals surface area (Å²) in [6.07, 6.45) is -0.185. The van der Waals surface area contributed by atoms with Gasteiger partial charge in [0.15, 0.2) is 0 Å². The minimum atomic E-state index is -1.37. The fourth-order valence-corrected chi connectivity index (χ4v) is 2.09. The summed E-state index contributed by atoms with van der Waals surface area (Å²) in [6.45, 7) is 3.51. The average molecular weight is 261 g/mol. The lowest BCUT2D eigenvalue weighted by Gasteiger charge is -2.07. The largest absolute Gasteiger partial charge is 0.462 e. The Hall–Kier alpha value is -0.870. The molecule has 0 bridgehead atoms. The van der Waals surface area contributed by atoms with E-state index in [1.165, 1.54) is 0 Å². The van der Waals surface area contributed by atoms with E-state index in [1.807, 2.05) is 0 Å². The summed E-state index contributed by atoms with van der Waals surface area (Å²) in [7, 11) is -1.37. The van der Waals surface area contributed by atoms with Gasteiger partial charge in [-0.15, -0.1) is 0 Å². The molecule has 0 fully saturated rings. The second kappa shape index (κ2) is 6.01. The summed E-state index contributed by atoms with van der Waals surface area (Å²) in [6, 6.07) is 6.56. The molecular formula is C11H13ClO3S. The van der Waals surface area contributed by atoms with E-state index in [1.54, 1.807) is 38.1 Å². The van der Waals surface area contributed by atoms with Crippen molar-refractivity contribution >= 4 is 28.4 Å². The standard InChI is InChI=1S/C11H13ClO3S/c1-8(2)15-11(13)7-16(14)10-5-3-9(12)4-6-10/h3-6,8H,7H2,1-2H3. The quantitative estimate of drug-likeness (QED) is 0.781. The average Bonchev–Trinajstić information content (AvgIpc) is 2.16. The first-order valence-corrected chi connectivity index (χ1v) is 6.52. The minimum absolute atomic E-state index is 0.125. The number of carbonyl (C=O) groups excluding carboxylic acids is 1. The maximum atomic E-state index is 11.7. The van der Waals surface area contributed by atoms with Crippen molar-refractivity contribution in [3.8, 4) is 0 Å². The molecule has 3 nitrogen and oxygen atoms in total. The van der Waals surface area contributed by atoms with Gasteiger partial charge in [-0.1, -0.05) is 11.6 Å². The Morgan fingerprint density at radius 1 is 1.38 bits per heavy atom. The monoisotopic (exact) mass is 260 g/mol. The summed E-state index contributed by atoms with van der Waals surface area (Å²) in [5.41, 5.74) is 0. The maximum absolute atomic E-state index is 11.7. The fraction of sp³-hybridized carbons (Fsp3) is 0.364. The summed E-state index contributed by atoms with van der Waals surface area (Å²) in [5.74, 6) is -0.580. The highest BCUT2D eigenvalue weighted by atomic mass is 35.5. The van der Waals surface area contributed by atoms with Crippen molar-refractivity contribution in [2.45, 2.75) is 24.8 Å². The number of carbonyl (C=O) groups is 1. The van der Waals surface area contributed by atoms with Gasteiger partial charge in [0.1, 0.15) is 5.75 Å². The third-order valence-corrected chi connectivity index (χ3v) is 3.24. The number of hydrogen-bond acceptors (Lipinski definition) is 3. The molecule has 0 radical (unpaired) electrons. The van der Waals surface area contributed by atoms with Crippen LogP contribution in [0.1, 0.15) is 13.8 Å². The van der Waals surface area contributed by atoms with Crippen LogP contribution in [0, 0.1) is 0 Å². The summed E-state index contributed by atoms with van der Waals surface area (Å²) >= 11 is 5.70. The van der Waals surface area contributed by atoms with Gasteiger partial charge in [-0.05, 0) is 38.1 Å². The number of ether oxygens (including phenoxy) is 1. The van der Waals surface area contributed by atoms with Crippen LogP contribution in [0.25, 0.3) is 0 Å². The van der Waals surface area contributed by atoms with Gasteiger partial charge >= 0.3 is 5.97 Å². The van der Waals surface area contributed by atoms with Crippen molar-refractivity contribution in [2.75, 3.05) is 5.75 Å². The van der Waals surface area contributed by atoms with Crippen LogP contribution in [-0.2, 0) is 20.3 Å². The lowest BCUT2D eigenvalue weighted by Crippen LogP contribution is -2.18. The van der Waals surface area contributed by atoms with Gasteiger partial charge < -0.3 is 4.74 Å². The van der Waals surface area contributed by atoms with Crippen LogP contribution in [0.15, 0.2) is 29.2 Å². The van der Waals surface area contributed by atoms with Gasteiger partial charge in [-0.3, -0.25) is 9.00 Å². The molecule has 0 aromatic heterocycles. The lowest BCUT2D eigenvalue weighted by molar-refractivity contribution is -0.144. The molecule has 16 heavy (non-hydrogen) atoms. The Labute approximate surface area is 102 Å². The van der Waals surface area contributed by atoms with Gasteiger partial charge in [0, 0.05) is 9.92 Å². The van der Waals surface area contributed by atoms with Crippen LogP contribution in [0.4, 0.5) is 0 Å². The van der Waals surface area contributed by atoms with Gasteiger partial charge in [-0.2, -0.15) is 0 Å². The van der Waals surface area contributed by atoms with E-state index in [9.17, 15) is 9.00 Å². The molecular weight excluding hydrogens is 248 g/mol. The highest BCUT2D eigenvalue weighted by Gasteiger charge is 2.12. The molecule has 0 saturated carbocycles. The number of esters is 1. The molecule has 0 amide bonds. The number of benzene rings is 1. The van der Waals surface area contributed by atoms with Crippen LogP contribution < -0.4 is 0 Å². The topological polar surface area (TPSA) is 43.4 Å². The first-order chi connectivity index (χ1) is 7.49.